The molecule has 2 aliphatic heterocycles. The molecule has 3 heterocycles. The third-order valence-electron chi connectivity index (χ3n) is 6.75. The van der Waals surface area contributed by atoms with E-state index in [9.17, 15) is 9.59 Å². The van der Waals surface area contributed by atoms with E-state index in [1.54, 1.807) is 11.3 Å². The van der Waals surface area contributed by atoms with E-state index in [4.69, 9.17) is 11.6 Å². The van der Waals surface area contributed by atoms with Crippen molar-refractivity contribution in [3.8, 4) is 0 Å². The molecule has 0 radical (unpaired) electrons. The minimum Gasteiger partial charge on any atom is -0.323 e. The van der Waals surface area contributed by atoms with Gasteiger partial charge in [-0.15, -0.1) is 11.3 Å². The van der Waals surface area contributed by atoms with Gasteiger partial charge in [0.1, 0.15) is 5.54 Å². The Morgan fingerprint density at radius 3 is 2.71 bits per heavy atom. The Hall–Kier alpha value is -1.96. The summed E-state index contributed by atoms with van der Waals surface area (Å²) in [5, 5.41) is 3.85. The van der Waals surface area contributed by atoms with Gasteiger partial charge in [0.25, 0.3) is 5.91 Å². The van der Waals surface area contributed by atoms with Crippen LogP contribution in [0.3, 0.4) is 0 Å². The molecule has 1 atom stereocenters. The standard InChI is InChI=1S/C23H29ClN4O2S/c1-3-23(18-7-10-27(11-8-18)14-17-5-4-6-19(24)13-17)21(29)28(22(30)26-23)12-9-20-16(2)25-15-31-20/h4-6,13,15,18H,3,7-12,14H2,1-2H3,(H,26,30). The highest BCUT2D eigenvalue weighted by atomic mass is 35.5. The average molecular weight is 461 g/mol. The molecule has 1 aromatic heterocycles. The first-order valence-electron chi connectivity index (χ1n) is 10.9. The van der Waals surface area contributed by atoms with E-state index in [1.807, 2.05) is 37.6 Å². The molecule has 1 unspecified atom stereocenters. The van der Waals surface area contributed by atoms with Crippen LogP contribution in [0.5, 0.6) is 0 Å². The Balaban J connectivity index is 1.39. The highest BCUT2D eigenvalue weighted by Crippen LogP contribution is 2.36. The number of urea groups is 1. The van der Waals surface area contributed by atoms with Crippen molar-refractivity contribution in [2.45, 2.75) is 51.6 Å². The molecule has 8 heteroatoms. The van der Waals surface area contributed by atoms with Crippen LogP contribution in [0.15, 0.2) is 29.8 Å². The predicted octanol–water partition coefficient (Wildman–Crippen LogP) is 4.26. The number of thiazole rings is 1. The van der Waals surface area contributed by atoms with E-state index in [2.05, 4.69) is 21.3 Å². The molecule has 2 aromatic rings. The third-order valence-corrected chi connectivity index (χ3v) is 7.98. The van der Waals surface area contributed by atoms with Gasteiger partial charge >= 0.3 is 6.03 Å². The van der Waals surface area contributed by atoms with Crippen LogP contribution in [0.1, 0.15) is 42.3 Å². The Labute approximate surface area is 192 Å². The number of carbonyl (C=O) groups excluding carboxylic acids is 2. The Bertz CT molecular complexity index is 957. The highest BCUT2D eigenvalue weighted by Gasteiger charge is 2.54. The molecule has 0 bridgehead atoms. The monoisotopic (exact) mass is 460 g/mol. The van der Waals surface area contributed by atoms with Crippen LogP contribution in [-0.2, 0) is 17.8 Å². The fourth-order valence-corrected chi connectivity index (χ4v) is 5.89. The number of aromatic nitrogens is 1. The molecule has 0 spiro atoms. The van der Waals surface area contributed by atoms with Crippen molar-refractivity contribution >= 4 is 34.9 Å². The van der Waals surface area contributed by atoms with Crippen molar-refractivity contribution in [3.63, 3.8) is 0 Å². The number of benzene rings is 1. The molecule has 6 nitrogen and oxygen atoms in total. The predicted molar refractivity (Wildman–Crippen MR) is 123 cm³/mol. The number of imide groups is 1. The topological polar surface area (TPSA) is 65.5 Å². The molecule has 166 valence electrons. The lowest BCUT2D eigenvalue weighted by Crippen LogP contribution is -2.55. The summed E-state index contributed by atoms with van der Waals surface area (Å²) in [6.07, 6.45) is 3.06. The van der Waals surface area contributed by atoms with E-state index in [1.165, 1.54) is 10.5 Å². The number of nitrogens with zero attached hydrogens (tertiary/aromatic N) is 3. The van der Waals surface area contributed by atoms with E-state index in [0.29, 0.717) is 19.4 Å². The second-order valence-corrected chi connectivity index (χ2v) is 9.88. The van der Waals surface area contributed by atoms with Crippen LogP contribution < -0.4 is 5.32 Å². The van der Waals surface area contributed by atoms with Gasteiger partial charge in [-0.3, -0.25) is 14.6 Å². The van der Waals surface area contributed by atoms with Gasteiger partial charge in [0, 0.05) is 29.4 Å². The molecule has 2 saturated heterocycles. The molecular formula is C23H29ClN4O2S. The average Bonchev–Trinajstić information content (AvgIpc) is 3.27. The number of likely N-dealkylation sites (tertiary alicyclic amines) is 1. The highest BCUT2D eigenvalue weighted by molar-refractivity contribution is 7.09. The minimum atomic E-state index is -0.776. The van der Waals surface area contributed by atoms with E-state index < -0.39 is 5.54 Å². The quantitative estimate of drug-likeness (QED) is 0.627. The minimum absolute atomic E-state index is 0.0598. The summed E-state index contributed by atoms with van der Waals surface area (Å²) in [5.41, 5.74) is 3.21. The number of hydrogen-bond acceptors (Lipinski definition) is 5. The second-order valence-electron chi connectivity index (χ2n) is 8.50. The van der Waals surface area contributed by atoms with E-state index in [-0.39, 0.29) is 17.9 Å². The summed E-state index contributed by atoms with van der Waals surface area (Å²) in [7, 11) is 0. The molecule has 1 N–H and O–H groups in total. The van der Waals surface area contributed by atoms with Crippen LogP contribution in [0.2, 0.25) is 5.02 Å². The van der Waals surface area contributed by atoms with Gasteiger partial charge in [0.15, 0.2) is 0 Å². The van der Waals surface area contributed by atoms with Crippen LogP contribution in [0.25, 0.3) is 0 Å². The second kappa shape index (κ2) is 9.27. The molecule has 31 heavy (non-hydrogen) atoms. The van der Waals surface area contributed by atoms with Gasteiger partial charge in [-0.2, -0.15) is 0 Å². The summed E-state index contributed by atoms with van der Waals surface area (Å²) in [5.74, 6) is 0.0927. The summed E-state index contributed by atoms with van der Waals surface area (Å²) < 4.78 is 0. The third kappa shape index (κ3) is 4.49. The smallest absolute Gasteiger partial charge is 0.323 e. The maximum atomic E-state index is 13.4. The SMILES string of the molecule is CCC1(C2CCN(Cc3cccc(Cl)c3)CC2)NC(=O)N(CCc2scnc2C)C1=O. The lowest BCUT2D eigenvalue weighted by atomic mass is 9.75. The fraction of sp³-hybridized carbons (Fsp3) is 0.522. The molecule has 2 fully saturated rings. The first-order chi connectivity index (χ1) is 14.9. The van der Waals surface area contributed by atoms with Crippen molar-refractivity contribution in [2.75, 3.05) is 19.6 Å². The number of amides is 3. The van der Waals surface area contributed by atoms with Crippen LogP contribution in [0.4, 0.5) is 4.79 Å². The van der Waals surface area contributed by atoms with Gasteiger partial charge in [0.2, 0.25) is 0 Å². The molecule has 4 rings (SSSR count). The molecule has 2 aliphatic rings. The summed E-state index contributed by atoms with van der Waals surface area (Å²) in [6.45, 7) is 7.04. The van der Waals surface area contributed by atoms with E-state index in [0.717, 1.165) is 48.1 Å². The van der Waals surface area contributed by atoms with Crippen molar-refractivity contribution in [2.24, 2.45) is 5.92 Å². The summed E-state index contributed by atoms with van der Waals surface area (Å²) in [4.78, 5) is 35.4. The Morgan fingerprint density at radius 2 is 2.06 bits per heavy atom. The summed E-state index contributed by atoms with van der Waals surface area (Å²) in [6, 6.07) is 7.71. The number of halogens is 1. The molecule has 0 aliphatic carbocycles. The van der Waals surface area contributed by atoms with Gasteiger partial charge in [-0.25, -0.2) is 9.78 Å². The van der Waals surface area contributed by atoms with Crippen molar-refractivity contribution in [1.82, 2.24) is 20.1 Å². The Morgan fingerprint density at radius 1 is 1.29 bits per heavy atom. The lowest BCUT2D eigenvalue weighted by Gasteiger charge is -2.40. The Kier molecular flexibility index (Phi) is 6.65. The number of carbonyl (C=O) groups is 2. The first kappa shape index (κ1) is 22.2. The van der Waals surface area contributed by atoms with Crippen LogP contribution >= 0.6 is 22.9 Å². The van der Waals surface area contributed by atoms with Gasteiger partial charge in [0.05, 0.1) is 11.2 Å². The van der Waals surface area contributed by atoms with E-state index >= 15 is 0 Å². The maximum Gasteiger partial charge on any atom is 0.325 e. The molecule has 3 amide bonds. The maximum absolute atomic E-state index is 13.4. The number of hydrogen-bond donors (Lipinski definition) is 1. The largest absolute Gasteiger partial charge is 0.325 e. The van der Waals surface area contributed by atoms with Gasteiger partial charge in [-0.1, -0.05) is 30.7 Å². The van der Waals surface area contributed by atoms with Crippen molar-refractivity contribution < 1.29 is 9.59 Å². The number of aryl methyl sites for hydroxylation is 1. The van der Waals surface area contributed by atoms with Crippen molar-refractivity contribution in [3.05, 3.63) is 50.9 Å². The van der Waals surface area contributed by atoms with Gasteiger partial charge < -0.3 is 5.32 Å². The zero-order chi connectivity index (χ0) is 22.0. The summed E-state index contributed by atoms with van der Waals surface area (Å²) >= 11 is 7.69. The fourth-order valence-electron chi connectivity index (χ4n) is 4.91. The molecular weight excluding hydrogens is 432 g/mol. The van der Waals surface area contributed by atoms with Crippen LogP contribution in [-0.4, -0.2) is 51.9 Å². The zero-order valence-corrected chi connectivity index (χ0v) is 19.6. The molecule has 1 aromatic carbocycles. The number of rotatable bonds is 7. The zero-order valence-electron chi connectivity index (χ0n) is 18.1. The first-order valence-corrected chi connectivity index (χ1v) is 12.2. The van der Waals surface area contributed by atoms with Crippen LogP contribution in [0, 0.1) is 12.8 Å². The van der Waals surface area contributed by atoms with Gasteiger partial charge in [-0.05, 0) is 62.9 Å². The lowest BCUT2D eigenvalue weighted by molar-refractivity contribution is -0.134. The number of nitrogens with one attached hydrogen (secondary N) is 1. The normalized spacial score (nSPS) is 22.9. The van der Waals surface area contributed by atoms with Crippen molar-refractivity contribution in [1.29, 1.82) is 0 Å². The molecule has 0 saturated carbocycles. The number of piperidine rings is 1.